The van der Waals surface area contributed by atoms with Crippen molar-refractivity contribution in [3.8, 4) is 0 Å². The Hall–Kier alpha value is -1.81. The zero-order valence-corrected chi connectivity index (χ0v) is 10.0. The number of amides is 1. The quantitative estimate of drug-likeness (QED) is 0.852. The Bertz CT molecular complexity index is 549. The third-order valence-corrected chi connectivity index (χ3v) is 3.54. The van der Waals surface area contributed by atoms with Crippen molar-refractivity contribution in [1.29, 1.82) is 0 Å². The minimum absolute atomic E-state index is 0.0556. The van der Waals surface area contributed by atoms with Crippen LogP contribution >= 0.6 is 11.3 Å². The minimum atomic E-state index is -0.0556. The lowest BCUT2D eigenvalue weighted by atomic mass is 10.1. The Morgan fingerprint density at radius 1 is 1.35 bits per heavy atom. The Kier molecular flexibility index (Phi) is 2.57. The van der Waals surface area contributed by atoms with Gasteiger partial charge in [0.05, 0.1) is 5.69 Å². The summed E-state index contributed by atoms with van der Waals surface area (Å²) in [5.74, 6) is -0.0556. The van der Waals surface area contributed by atoms with Crippen molar-refractivity contribution in [2.45, 2.75) is 6.42 Å². The van der Waals surface area contributed by atoms with E-state index in [1.54, 1.807) is 11.3 Å². The summed E-state index contributed by atoms with van der Waals surface area (Å²) in [6.07, 6.45) is 1.04. The number of benzene rings is 1. The molecule has 1 aliphatic heterocycles. The van der Waals surface area contributed by atoms with E-state index >= 15 is 0 Å². The number of rotatable bonds is 2. The largest absolute Gasteiger partial charge is 0.384 e. The van der Waals surface area contributed by atoms with Gasteiger partial charge in [-0.3, -0.25) is 4.79 Å². The number of fused-ring (bicyclic) bond motifs is 1. The van der Waals surface area contributed by atoms with Gasteiger partial charge >= 0.3 is 0 Å². The fourth-order valence-electron chi connectivity index (χ4n) is 1.97. The van der Waals surface area contributed by atoms with Crippen molar-refractivity contribution in [2.75, 3.05) is 17.2 Å². The number of hydrogen-bond donors (Lipinski definition) is 2. The highest BCUT2D eigenvalue weighted by Gasteiger charge is 2.13. The van der Waals surface area contributed by atoms with Gasteiger partial charge < -0.3 is 10.6 Å². The average Bonchev–Trinajstić information content (AvgIpc) is 2.97. The van der Waals surface area contributed by atoms with E-state index in [1.807, 2.05) is 35.0 Å². The Labute approximate surface area is 103 Å². The molecule has 2 N–H and O–H groups in total. The summed E-state index contributed by atoms with van der Waals surface area (Å²) in [6, 6.07) is 7.73. The summed E-state index contributed by atoms with van der Waals surface area (Å²) in [6.45, 7) is 0.963. The summed E-state index contributed by atoms with van der Waals surface area (Å²) >= 11 is 1.57. The number of hydrogen-bond acceptors (Lipinski definition) is 3. The molecule has 3 nitrogen and oxygen atoms in total. The molecule has 2 heterocycles. The van der Waals surface area contributed by atoms with Crippen LogP contribution in [0.3, 0.4) is 0 Å². The van der Waals surface area contributed by atoms with Crippen LogP contribution in [-0.4, -0.2) is 12.5 Å². The molecule has 1 aromatic heterocycles. The molecule has 0 saturated carbocycles. The summed E-state index contributed by atoms with van der Waals surface area (Å²) in [7, 11) is 0. The van der Waals surface area contributed by atoms with Crippen LogP contribution in [0.4, 0.5) is 11.4 Å². The van der Waals surface area contributed by atoms with Crippen molar-refractivity contribution in [3.05, 3.63) is 46.2 Å². The molecule has 2 aromatic rings. The van der Waals surface area contributed by atoms with Crippen LogP contribution in [0, 0.1) is 0 Å². The van der Waals surface area contributed by atoms with Gasteiger partial charge in [-0.2, -0.15) is 11.3 Å². The standard InChI is InChI=1S/C13H12N2OS/c16-13(15-11-4-6-17-8-11)10-2-1-9-3-5-14-12(9)7-10/h1-2,4,6-8,14H,3,5H2,(H,15,16). The lowest BCUT2D eigenvalue weighted by molar-refractivity contribution is 0.102. The molecule has 1 amide bonds. The molecule has 0 atom stereocenters. The third kappa shape index (κ3) is 2.03. The number of nitrogens with one attached hydrogen (secondary N) is 2. The van der Waals surface area contributed by atoms with Gasteiger partial charge in [0.25, 0.3) is 5.91 Å². The SMILES string of the molecule is O=C(Nc1ccsc1)c1ccc2c(c1)NCC2. The van der Waals surface area contributed by atoms with E-state index in [4.69, 9.17) is 0 Å². The highest BCUT2D eigenvalue weighted by Crippen LogP contribution is 2.23. The average molecular weight is 244 g/mol. The summed E-state index contributed by atoms with van der Waals surface area (Å²) in [5, 5.41) is 10.0. The molecular weight excluding hydrogens is 232 g/mol. The molecular formula is C13H12N2OS. The van der Waals surface area contributed by atoms with E-state index in [1.165, 1.54) is 5.56 Å². The van der Waals surface area contributed by atoms with E-state index in [0.29, 0.717) is 5.56 Å². The maximum absolute atomic E-state index is 12.0. The van der Waals surface area contributed by atoms with Crippen LogP contribution in [0.15, 0.2) is 35.0 Å². The second kappa shape index (κ2) is 4.22. The minimum Gasteiger partial charge on any atom is -0.384 e. The maximum Gasteiger partial charge on any atom is 0.255 e. The lowest BCUT2D eigenvalue weighted by Gasteiger charge is -2.05. The van der Waals surface area contributed by atoms with Crippen LogP contribution in [-0.2, 0) is 6.42 Å². The molecule has 4 heteroatoms. The van der Waals surface area contributed by atoms with E-state index in [-0.39, 0.29) is 5.91 Å². The van der Waals surface area contributed by atoms with Crippen LogP contribution in [0.1, 0.15) is 15.9 Å². The predicted octanol–water partition coefficient (Wildman–Crippen LogP) is 2.97. The second-order valence-electron chi connectivity index (χ2n) is 4.01. The number of anilines is 2. The number of thiophene rings is 1. The van der Waals surface area contributed by atoms with Gasteiger partial charge in [-0.25, -0.2) is 0 Å². The zero-order chi connectivity index (χ0) is 11.7. The van der Waals surface area contributed by atoms with Crippen LogP contribution in [0.25, 0.3) is 0 Å². The molecule has 86 valence electrons. The first-order valence-electron chi connectivity index (χ1n) is 5.53. The molecule has 0 spiro atoms. The second-order valence-corrected chi connectivity index (χ2v) is 4.79. The monoisotopic (exact) mass is 244 g/mol. The topological polar surface area (TPSA) is 41.1 Å². The van der Waals surface area contributed by atoms with E-state index in [9.17, 15) is 4.79 Å². The third-order valence-electron chi connectivity index (χ3n) is 2.86. The first-order valence-corrected chi connectivity index (χ1v) is 6.47. The van der Waals surface area contributed by atoms with Gasteiger partial charge in [0.2, 0.25) is 0 Å². The Balaban J connectivity index is 1.82. The van der Waals surface area contributed by atoms with E-state index in [2.05, 4.69) is 10.6 Å². The molecule has 1 aliphatic rings. The predicted molar refractivity (Wildman–Crippen MR) is 70.9 cm³/mol. The molecule has 0 aliphatic carbocycles. The van der Waals surface area contributed by atoms with Crippen LogP contribution < -0.4 is 10.6 Å². The Morgan fingerprint density at radius 3 is 3.12 bits per heavy atom. The highest BCUT2D eigenvalue weighted by atomic mass is 32.1. The molecule has 3 rings (SSSR count). The van der Waals surface area contributed by atoms with Gasteiger partial charge in [-0.15, -0.1) is 0 Å². The van der Waals surface area contributed by atoms with Crippen LogP contribution in [0.5, 0.6) is 0 Å². The summed E-state index contributed by atoms with van der Waals surface area (Å²) < 4.78 is 0. The zero-order valence-electron chi connectivity index (χ0n) is 9.19. The van der Waals surface area contributed by atoms with Gasteiger partial charge in [0, 0.05) is 23.2 Å². The Morgan fingerprint density at radius 2 is 2.29 bits per heavy atom. The van der Waals surface area contributed by atoms with Gasteiger partial charge in [0.15, 0.2) is 0 Å². The first-order chi connectivity index (χ1) is 8.33. The molecule has 17 heavy (non-hydrogen) atoms. The number of carbonyl (C=O) groups is 1. The fraction of sp³-hybridized carbons (Fsp3) is 0.154. The normalized spacial score (nSPS) is 12.9. The number of carbonyl (C=O) groups excluding carboxylic acids is 1. The molecule has 0 fully saturated rings. The summed E-state index contributed by atoms with van der Waals surface area (Å²) in [4.78, 5) is 12.0. The molecule has 0 unspecified atom stereocenters. The molecule has 0 saturated heterocycles. The first kappa shape index (κ1) is 10.4. The maximum atomic E-state index is 12.0. The van der Waals surface area contributed by atoms with Crippen molar-refractivity contribution < 1.29 is 4.79 Å². The van der Waals surface area contributed by atoms with E-state index < -0.39 is 0 Å². The van der Waals surface area contributed by atoms with E-state index in [0.717, 1.165) is 24.3 Å². The molecule has 0 bridgehead atoms. The lowest BCUT2D eigenvalue weighted by Crippen LogP contribution is -2.11. The van der Waals surface area contributed by atoms with Gasteiger partial charge in [-0.05, 0) is 35.6 Å². The van der Waals surface area contributed by atoms with Crippen molar-refractivity contribution in [3.63, 3.8) is 0 Å². The molecule has 0 radical (unpaired) electrons. The smallest absolute Gasteiger partial charge is 0.255 e. The highest BCUT2D eigenvalue weighted by molar-refractivity contribution is 7.08. The summed E-state index contributed by atoms with van der Waals surface area (Å²) in [5.41, 5.74) is 3.93. The van der Waals surface area contributed by atoms with Gasteiger partial charge in [-0.1, -0.05) is 6.07 Å². The van der Waals surface area contributed by atoms with Crippen LogP contribution in [0.2, 0.25) is 0 Å². The van der Waals surface area contributed by atoms with Crippen molar-refractivity contribution in [2.24, 2.45) is 0 Å². The fourth-order valence-corrected chi connectivity index (χ4v) is 2.56. The van der Waals surface area contributed by atoms with Crippen molar-refractivity contribution in [1.82, 2.24) is 0 Å². The van der Waals surface area contributed by atoms with Gasteiger partial charge in [0.1, 0.15) is 0 Å². The van der Waals surface area contributed by atoms with Crippen molar-refractivity contribution >= 4 is 28.6 Å². The molecule has 1 aromatic carbocycles.